The highest BCUT2D eigenvalue weighted by molar-refractivity contribution is 6.46. The molecule has 0 bridgehead atoms. The van der Waals surface area contributed by atoms with Crippen molar-refractivity contribution in [1.29, 1.82) is 0 Å². The zero-order valence-electron chi connectivity index (χ0n) is 17.4. The molecule has 1 aliphatic rings. The number of carbonyl (C=O) groups excluding carboxylic acids is 2. The van der Waals surface area contributed by atoms with Gasteiger partial charge >= 0.3 is 0 Å². The fraction of sp³-hybridized carbons (Fsp3) is 0.120. The number of nitrogens with one attached hydrogen (secondary N) is 1. The predicted octanol–water partition coefficient (Wildman–Crippen LogP) is 5.66. The van der Waals surface area contributed by atoms with Crippen molar-refractivity contribution in [3.63, 3.8) is 0 Å². The Morgan fingerprint density at radius 2 is 1.50 bits per heavy atom. The molecule has 162 valence electrons. The molecule has 0 atom stereocenters. The van der Waals surface area contributed by atoms with Crippen LogP contribution < -0.4 is 15.0 Å². The molecule has 0 aliphatic carbocycles. The van der Waals surface area contributed by atoms with Gasteiger partial charge < -0.3 is 10.1 Å². The average molecular weight is 451 g/mol. The lowest BCUT2D eigenvalue weighted by Crippen LogP contribution is -2.32. The fourth-order valence-electron chi connectivity index (χ4n) is 3.39. The van der Waals surface area contributed by atoms with Gasteiger partial charge in [-0.2, -0.15) is 0 Å². The molecule has 1 heterocycles. The van der Waals surface area contributed by atoms with E-state index in [1.807, 2.05) is 13.8 Å². The minimum Gasteiger partial charge on any atom is -0.491 e. The minimum atomic E-state index is -0.533. The summed E-state index contributed by atoms with van der Waals surface area (Å²) in [5.74, 6) is -0.805. The molecular weight excluding hydrogens is 431 g/mol. The highest BCUT2D eigenvalue weighted by Crippen LogP contribution is 2.34. The molecule has 1 aliphatic heterocycles. The average Bonchev–Trinajstić information content (AvgIpc) is 3.00. The van der Waals surface area contributed by atoms with Crippen molar-refractivity contribution in [2.45, 2.75) is 20.0 Å². The summed E-state index contributed by atoms with van der Waals surface area (Å²) in [6.45, 7) is 3.87. The molecule has 2 amide bonds. The fourth-order valence-corrected chi connectivity index (χ4v) is 3.51. The summed E-state index contributed by atoms with van der Waals surface area (Å²) in [5.41, 5.74) is 1.77. The zero-order chi connectivity index (χ0) is 22.8. The molecule has 7 heteroatoms. The number of amides is 2. The van der Waals surface area contributed by atoms with Crippen molar-refractivity contribution in [3.8, 4) is 5.75 Å². The van der Waals surface area contributed by atoms with Gasteiger partial charge in [-0.1, -0.05) is 23.7 Å². The lowest BCUT2D eigenvalue weighted by molar-refractivity contribution is -0.120. The molecule has 32 heavy (non-hydrogen) atoms. The summed E-state index contributed by atoms with van der Waals surface area (Å²) >= 11 is 6.00. The molecule has 4 rings (SSSR count). The number of carbonyl (C=O) groups is 2. The van der Waals surface area contributed by atoms with E-state index < -0.39 is 17.6 Å². The van der Waals surface area contributed by atoms with Gasteiger partial charge in [0.05, 0.1) is 17.4 Å². The Balaban J connectivity index is 1.73. The number of imide groups is 1. The number of nitrogens with zero attached hydrogens (tertiary/aromatic N) is 1. The minimum absolute atomic E-state index is 0.0336. The quantitative estimate of drug-likeness (QED) is 0.492. The van der Waals surface area contributed by atoms with Gasteiger partial charge in [0.1, 0.15) is 17.3 Å². The van der Waals surface area contributed by atoms with Crippen LogP contribution in [0.25, 0.3) is 5.57 Å². The van der Waals surface area contributed by atoms with Crippen LogP contribution in [0, 0.1) is 5.82 Å². The molecule has 1 N–H and O–H groups in total. The molecule has 3 aromatic rings. The van der Waals surface area contributed by atoms with Crippen molar-refractivity contribution in [2.24, 2.45) is 0 Å². The highest BCUT2D eigenvalue weighted by atomic mass is 35.5. The molecule has 0 spiro atoms. The van der Waals surface area contributed by atoms with Crippen LogP contribution in [0.4, 0.5) is 15.8 Å². The summed E-state index contributed by atoms with van der Waals surface area (Å²) < 4.78 is 19.0. The van der Waals surface area contributed by atoms with Crippen LogP contribution in [0.1, 0.15) is 19.4 Å². The summed E-state index contributed by atoms with van der Waals surface area (Å²) in [7, 11) is 0. The first-order chi connectivity index (χ1) is 15.3. The summed E-state index contributed by atoms with van der Waals surface area (Å²) in [6, 6.07) is 19.0. The monoisotopic (exact) mass is 450 g/mol. The maximum absolute atomic E-state index is 13.4. The number of hydrogen-bond acceptors (Lipinski definition) is 4. The standard InChI is InChI=1S/C25H20ClFN2O3/c1-15(2)32-21-13-9-19(10-14-21)28-23-22(16-3-5-17(26)6-4-16)24(30)29(25(23)31)20-11-7-18(27)8-12-20/h3-15,28H,1-2H3. The molecule has 0 radical (unpaired) electrons. The maximum atomic E-state index is 13.4. The van der Waals surface area contributed by atoms with Crippen LogP contribution in [-0.4, -0.2) is 17.9 Å². The van der Waals surface area contributed by atoms with E-state index in [1.54, 1.807) is 48.5 Å². The lowest BCUT2D eigenvalue weighted by atomic mass is 10.0. The Morgan fingerprint density at radius 1 is 0.875 bits per heavy atom. The van der Waals surface area contributed by atoms with E-state index in [0.29, 0.717) is 22.0 Å². The third-order valence-electron chi connectivity index (χ3n) is 4.80. The second kappa shape index (κ2) is 8.85. The van der Waals surface area contributed by atoms with Crippen molar-refractivity contribution >= 4 is 40.4 Å². The molecular formula is C25H20ClFN2O3. The first-order valence-corrected chi connectivity index (χ1v) is 10.4. The molecule has 0 fully saturated rings. The second-order valence-electron chi connectivity index (χ2n) is 7.50. The van der Waals surface area contributed by atoms with E-state index in [0.717, 1.165) is 4.90 Å². The van der Waals surface area contributed by atoms with E-state index in [4.69, 9.17) is 16.3 Å². The summed E-state index contributed by atoms with van der Waals surface area (Å²) in [4.78, 5) is 27.7. The van der Waals surface area contributed by atoms with Crippen LogP contribution in [0.5, 0.6) is 5.75 Å². The van der Waals surface area contributed by atoms with E-state index in [-0.39, 0.29) is 23.1 Å². The van der Waals surface area contributed by atoms with Crippen LogP contribution in [0.2, 0.25) is 5.02 Å². The van der Waals surface area contributed by atoms with Gasteiger partial charge in [0.15, 0.2) is 0 Å². The van der Waals surface area contributed by atoms with Gasteiger partial charge in [-0.25, -0.2) is 9.29 Å². The van der Waals surface area contributed by atoms with Gasteiger partial charge in [-0.3, -0.25) is 9.59 Å². The topological polar surface area (TPSA) is 58.6 Å². The zero-order valence-corrected chi connectivity index (χ0v) is 18.2. The van der Waals surface area contributed by atoms with E-state index in [1.165, 1.54) is 24.3 Å². The number of halogens is 2. The highest BCUT2D eigenvalue weighted by Gasteiger charge is 2.40. The largest absolute Gasteiger partial charge is 0.491 e. The Labute approximate surface area is 190 Å². The van der Waals surface area contributed by atoms with Gasteiger partial charge in [0.2, 0.25) is 0 Å². The van der Waals surface area contributed by atoms with Gasteiger partial charge in [-0.05, 0) is 80.1 Å². The normalized spacial score (nSPS) is 13.8. The van der Waals surface area contributed by atoms with E-state index in [2.05, 4.69) is 5.32 Å². The molecule has 5 nitrogen and oxygen atoms in total. The molecule has 3 aromatic carbocycles. The molecule has 0 aromatic heterocycles. The van der Waals surface area contributed by atoms with Gasteiger partial charge in [0.25, 0.3) is 11.8 Å². The van der Waals surface area contributed by atoms with E-state index in [9.17, 15) is 14.0 Å². The Morgan fingerprint density at radius 3 is 2.09 bits per heavy atom. The van der Waals surface area contributed by atoms with Gasteiger partial charge in [-0.15, -0.1) is 0 Å². The van der Waals surface area contributed by atoms with Crippen LogP contribution in [0.15, 0.2) is 78.5 Å². The molecule has 0 saturated carbocycles. The smallest absolute Gasteiger partial charge is 0.282 e. The molecule has 0 saturated heterocycles. The third-order valence-corrected chi connectivity index (χ3v) is 5.05. The van der Waals surface area contributed by atoms with Crippen molar-refractivity contribution in [2.75, 3.05) is 10.2 Å². The Bertz CT molecular complexity index is 1190. The van der Waals surface area contributed by atoms with E-state index >= 15 is 0 Å². The van der Waals surface area contributed by atoms with Crippen LogP contribution in [-0.2, 0) is 9.59 Å². The predicted molar refractivity (Wildman–Crippen MR) is 123 cm³/mol. The Hall–Kier alpha value is -3.64. The van der Waals surface area contributed by atoms with Crippen molar-refractivity contribution in [3.05, 3.63) is 94.9 Å². The lowest BCUT2D eigenvalue weighted by Gasteiger charge is -2.15. The first kappa shape index (κ1) is 21.6. The van der Waals surface area contributed by atoms with Crippen LogP contribution >= 0.6 is 11.6 Å². The SMILES string of the molecule is CC(C)Oc1ccc(NC2=C(c3ccc(Cl)cc3)C(=O)N(c3ccc(F)cc3)C2=O)cc1. The second-order valence-corrected chi connectivity index (χ2v) is 7.93. The Kier molecular flexibility index (Phi) is 5.97. The van der Waals surface area contributed by atoms with Gasteiger partial charge in [0, 0.05) is 10.7 Å². The van der Waals surface area contributed by atoms with Crippen molar-refractivity contribution in [1.82, 2.24) is 0 Å². The number of benzene rings is 3. The molecule has 0 unspecified atom stereocenters. The third kappa shape index (κ3) is 4.36. The number of ether oxygens (including phenoxy) is 1. The number of anilines is 2. The van der Waals surface area contributed by atoms with Crippen LogP contribution in [0.3, 0.4) is 0 Å². The van der Waals surface area contributed by atoms with Crippen molar-refractivity contribution < 1.29 is 18.7 Å². The summed E-state index contributed by atoms with van der Waals surface area (Å²) in [6.07, 6.45) is 0.0336. The maximum Gasteiger partial charge on any atom is 0.282 e. The summed E-state index contributed by atoms with van der Waals surface area (Å²) in [5, 5.41) is 3.59. The number of rotatable bonds is 6. The first-order valence-electron chi connectivity index (χ1n) is 10.0. The number of hydrogen-bond donors (Lipinski definition) is 1.